The van der Waals surface area contributed by atoms with E-state index in [0.29, 0.717) is 19.4 Å². The van der Waals surface area contributed by atoms with Crippen LogP contribution in [-0.2, 0) is 14.3 Å². The van der Waals surface area contributed by atoms with Gasteiger partial charge >= 0.3 is 51.4 Å². The van der Waals surface area contributed by atoms with Gasteiger partial charge in [-0.25, -0.2) is 0 Å². The quantitative estimate of drug-likeness (QED) is 0.348. The maximum absolute atomic E-state index is 11.5. The number of aliphatic hydroxyl groups is 1. The molecule has 15 heavy (non-hydrogen) atoms. The van der Waals surface area contributed by atoms with E-state index >= 15 is 0 Å². The van der Waals surface area contributed by atoms with Gasteiger partial charge in [0.15, 0.2) is 12.4 Å². The van der Waals surface area contributed by atoms with Gasteiger partial charge in [0.1, 0.15) is 0 Å². The van der Waals surface area contributed by atoms with Crippen molar-refractivity contribution >= 4 is 5.97 Å². The Labute approximate surface area is 133 Å². The third-order valence-electron chi connectivity index (χ3n) is 2.54. The van der Waals surface area contributed by atoms with Gasteiger partial charge in [-0.1, -0.05) is 25.7 Å². The van der Waals surface area contributed by atoms with Gasteiger partial charge in [0.25, 0.3) is 5.97 Å². The molecule has 0 spiro atoms. The molecule has 1 aliphatic rings. The van der Waals surface area contributed by atoms with Crippen LogP contribution in [0.15, 0.2) is 0 Å². The maximum Gasteiger partial charge on any atom is 1.00 e. The van der Waals surface area contributed by atoms with Gasteiger partial charge in [0, 0.05) is 6.42 Å². The summed E-state index contributed by atoms with van der Waals surface area (Å²) in [7, 11) is 0. The van der Waals surface area contributed by atoms with E-state index in [9.17, 15) is 9.90 Å². The zero-order chi connectivity index (χ0) is 10.8. The van der Waals surface area contributed by atoms with Gasteiger partial charge in [-0.05, 0) is 0 Å². The van der Waals surface area contributed by atoms with Crippen LogP contribution in [0.1, 0.15) is 26.7 Å². The molecule has 0 amide bonds. The number of carbonyl (C=O) groups excluding carboxylic acids is 1. The number of esters is 1. The second-order valence-corrected chi connectivity index (χ2v) is 3.91. The molecular formula is C10H17KO4. The van der Waals surface area contributed by atoms with E-state index in [0.717, 1.165) is 0 Å². The van der Waals surface area contributed by atoms with Crippen molar-refractivity contribution in [3.05, 3.63) is 6.92 Å². The molecule has 5 heteroatoms. The summed E-state index contributed by atoms with van der Waals surface area (Å²) in [5.74, 6) is -0.380. The van der Waals surface area contributed by atoms with Crippen LogP contribution in [0.2, 0.25) is 0 Å². The van der Waals surface area contributed by atoms with Crippen molar-refractivity contribution in [3.8, 4) is 0 Å². The van der Waals surface area contributed by atoms with Gasteiger partial charge in [-0.3, -0.25) is 4.79 Å². The Morgan fingerprint density at radius 3 is 2.73 bits per heavy atom. The van der Waals surface area contributed by atoms with Crippen molar-refractivity contribution in [2.45, 2.75) is 39.1 Å². The standard InChI is InChI=1S/C10H17O4.K/c1-4-10(2,3)9(12)14-7-5-6-13-8(7)11;/h7-8,11H,2,4-6H2,1,3H3;/q-1;+1. The molecule has 3 atom stereocenters. The summed E-state index contributed by atoms with van der Waals surface area (Å²) in [5, 5.41) is 9.26. The average molecular weight is 240 g/mol. The first-order chi connectivity index (χ1) is 6.47. The van der Waals surface area contributed by atoms with Crippen LogP contribution in [0.5, 0.6) is 0 Å². The summed E-state index contributed by atoms with van der Waals surface area (Å²) >= 11 is 0. The smallest absolute Gasteiger partial charge is 0.458 e. The first kappa shape index (κ1) is 16.0. The van der Waals surface area contributed by atoms with Crippen LogP contribution in [0, 0.1) is 12.3 Å². The van der Waals surface area contributed by atoms with E-state index < -0.39 is 17.8 Å². The topological polar surface area (TPSA) is 55.8 Å². The third kappa shape index (κ3) is 4.42. The molecule has 0 aromatic rings. The summed E-state index contributed by atoms with van der Waals surface area (Å²) in [6, 6.07) is 0. The van der Waals surface area contributed by atoms with E-state index in [1.807, 2.05) is 6.92 Å². The fraction of sp³-hybridized carbons (Fsp3) is 0.800. The Bertz CT molecular complexity index is 217. The molecule has 82 valence electrons. The van der Waals surface area contributed by atoms with Crippen LogP contribution < -0.4 is 51.4 Å². The van der Waals surface area contributed by atoms with Gasteiger partial charge in [-0.15, -0.1) is 0 Å². The summed E-state index contributed by atoms with van der Waals surface area (Å²) in [5.41, 5.74) is -0.734. The van der Waals surface area contributed by atoms with E-state index in [1.54, 1.807) is 6.92 Å². The monoisotopic (exact) mass is 240 g/mol. The molecule has 1 heterocycles. The molecule has 4 nitrogen and oxygen atoms in total. The maximum atomic E-state index is 11.5. The van der Waals surface area contributed by atoms with E-state index in [4.69, 9.17) is 9.47 Å². The van der Waals surface area contributed by atoms with Gasteiger partial charge in [0.05, 0.1) is 6.61 Å². The molecule has 0 radical (unpaired) electrons. The molecule has 1 saturated heterocycles. The Kier molecular flexibility index (Phi) is 7.14. The summed E-state index contributed by atoms with van der Waals surface area (Å²) < 4.78 is 9.97. The van der Waals surface area contributed by atoms with Crippen LogP contribution in [0.25, 0.3) is 0 Å². The summed E-state index contributed by atoms with van der Waals surface area (Å²) in [6.07, 6.45) is -0.357. The zero-order valence-electron chi connectivity index (χ0n) is 9.66. The zero-order valence-corrected chi connectivity index (χ0v) is 12.8. The molecule has 1 N–H and O–H groups in total. The second kappa shape index (κ2) is 6.69. The predicted molar refractivity (Wildman–Crippen MR) is 50.2 cm³/mol. The minimum atomic E-state index is -0.980. The van der Waals surface area contributed by atoms with E-state index in [2.05, 4.69) is 6.92 Å². The van der Waals surface area contributed by atoms with Gasteiger partial charge < -0.3 is 21.5 Å². The molecule has 0 saturated carbocycles. The Morgan fingerprint density at radius 2 is 2.33 bits per heavy atom. The molecule has 1 rings (SSSR count). The van der Waals surface area contributed by atoms with Crippen LogP contribution >= 0.6 is 0 Å². The van der Waals surface area contributed by atoms with Gasteiger partial charge in [0.2, 0.25) is 0 Å². The number of aliphatic hydroxyl groups excluding tert-OH is 1. The second-order valence-electron chi connectivity index (χ2n) is 3.91. The Balaban J connectivity index is 0.00000196. The largest absolute Gasteiger partial charge is 1.00 e. The first-order valence-electron chi connectivity index (χ1n) is 4.83. The fourth-order valence-corrected chi connectivity index (χ4v) is 1.10. The number of carbonyl (C=O) groups is 1. The van der Waals surface area contributed by atoms with Crippen molar-refractivity contribution in [2.75, 3.05) is 6.61 Å². The van der Waals surface area contributed by atoms with Crippen molar-refractivity contribution in [1.82, 2.24) is 0 Å². The molecule has 3 unspecified atom stereocenters. The number of hydrogen-bond donors (Lipinski definition) is 1. The van der Waals surface area contributed by atoms with E-state index in [1.165, 1.54) is 0 Å². The minimum absolute atomic E-state index is 0. The van der Waals surface area contributed by atoms with Crippen molar-refractivity contribution < 1.29 is 70.8 Å². The normalized spacial score (nSPS) is 29.1. The van der Waals surface area contributed by atoms with Crippen molar-refractivity contribution in [3.63, 3.8) is 0 Å². The molecule has 1 aliphatic heterocycles. The van der Waals surface area contributed by atoms with Crippen molar-refractivity contribution in [1.29, 1.82) is 0 Å². The van der Waals surface area contributed by atoms with Gasteiger partial charge in [-0.2, -0.15) is 0 Å². The molecule has 0 aliphatic carbocycles. The first-order valence-corrected chi connectivity index (χ1v) is 4.83. The number of rotatable bonds is 3. The molecule has 0 aromatic carbocycles. The van der Waals surface area contributed by atoms with Crippen LogP contribution in [0.3, 0.4) is 0 Å². The summed E-state index contributed by atoms with van der Waals surface area (Å²) in [4.78, 5) is 11.5. The molecule has 0 aromatic heterocycles. The number of ether oxygens (including phenoxy) is 2. The molecular weight excluding hydrogens is 223 g/mol. The Hall–Kier alpha value is 1.03. The average Bonchev–Trinajstić information content (AvgIpc) is 2.52. The van der Waals surface area contributed by atoms with E-state index in [-0.39, 0.29) is 57.4 Å². The van der Waals surface area contributed by atoms with Crippen LogP contribution in [0.4, 0.5) is 0 Å². The minimum Gasteiger partial charge on any atom is -0.458 e. The van der Waals surface area contributed by atoms with Crippen molar-refractivity contribution in [2.24, 2.45) is 5.41 Å². The SMILES string of the molecule is [CH2-]C(C)(CC)C(=O)OC1CCOC1O.[K+]. The Morgan fingerprint density at radius 1 is 1.73 bits per heavy atom. The molecule has 1 fully saturated rings. The summed E-state index contributed by atoms with van der Waals surface area (Å²) in [6.45, 7) is 7.78. The number of hydrogen-bond acceptors (Lipinski definition) is 4. The van der Waals surface area contributed by atoms with Crippen LogP contribution in [-0.4, -0.2) is 30.1 Å². The third-order valence-corrected chi connectivity index (χ3v) is 2.54. The fourth-order valence-electron chi connectivity index (χ4n) is 1.10. The molecule has 0 bridgehead atoms. The predicted octanol–water partition coefficient (Wildman–Crippen LogP) is -2.11.